The van der Waals surface area contributed by atoms with Crippen LogP contribution in [0.4, 0.5) is 0 Å². The average Bonchev–Trinajstić information content (AvgIpc) is 2.47. The van der Waals surface area contributed by atoms with Gasteiger partial charge < -0.3 is 13.9 Å². The minimum absolute atomic E-state index is 0. The van der Waals surface area contributed by atoms with Crippen LogP contribution >= 0.6 is 7.82 Å². The van der Waals surface area contributed by atoms with E-state index in [1.165, 1.54) is 0 Å². The molecule has 0 spiro atoms. The fourth-order valence-corrected chi connectivity index (χ4v) is 3.09. The Labute approximate surface area is 147 Å². The van der Waals surface area contributed by atoms with Gasteiger partial charge in [-0.05, 0) is 24.7 Å². The van der Waals surface area contributed by atoms with E-state index >= 15 is 0 Å². The summed E-state index contributed by atoms with van der Waals surface area (Å²) in [5, 5.41) is 0. The van der Waals surface area contributed by atoms with Crippen LogP contribution in [0.15, 0.2) is 0 Å². The molecule has 0 rings (SSSR count). The van der Waals surface area contributed by atoms with Gasteiger partial charge in [-0.3, -0.25) is 4.57 Å². The van der Waals surface area contributed by atoms with Gasteiger partial charge in [-0.2, -0.15) is 0 Å². The van der Waals surface area contributed by atoms with Gasteiger partial charge in [-0.15, -0.1) is 0 Å². The molecule has 0 heterocycles. The van der Waals surface area contributed by atoms with Crippen LogP contribution < -0.4 is 4.89 Å². The SMILES string of the molecule is CCCCC(CC)COP(=O)([O-])OCC(CC)CCCC.[Ni]. The maximum absolute atomic E-state index is 11.8. The Balaban J connectivity index is 0. The molecule has 0 saturated carbocycles. The van der Waals surface area contributed by atoms with Crippen molar-refractivity contribution in [2.75, 3.05) is 13.2 Å². The maximum atomic E-state index is 11.8. The molecule has 0 aliphatic heterocycles. The molecule has 0 amide bonds. The Bertz CT molecular complexity index is 265. The van der Waals surface area contributed by atoms with Crippen molar-refractivity contribution < 1.29 is 35.0 Å². The first-order valence-electron chi connectivity index (χ1n) is 8.59. The van der Waals surface area contributed by atoms with Crippen molar-refractivity contribution in [2.24, 2.45) is 11.8 Å². The second kappa shape index (κ2) is 15.1. The second-order valence-electron chi connectivity index (χ2n) is 5.87. The van der Waals surface area contributed by atoms with Crippen LogP contribution in [0.1, 0.15) is 79.1 Å². The summed E-state index contributed by atoms with van der Waals surface area (Å²) < 4.78 is 21.9. The summed E-state index contributed by atoms with van der Waals surface area (Å²) in [5.74, 6) is 0.607. The molecule has 22 heavy (non-hydrogen) atoms. The summed E-state index contributed by atoms with van der Waals surface area (Å²) in [7, 11) is -4.14. The molecule has 0 radical (unpaired) electrons. The average molecular weight is 380 g/mol. The molecule has 6 heteroatoms. The molecular weight excluding hydrogens is 346 g/mol. The second-order valence-corrected chi connectivity index (χ2v) is 7.28. The first-order valence-corrected chi connectivity index (χ1v) is 10.0. The number of unbranched alkanes of at least 4 members (excludes halogenated alkanes) is 2. The van der Waals surface area contributed by atoms with Gasteiger partial charge in [0.25, 0.3) is 7.82 Å². The fourth-order valence-electron chi connectivity index (χ4n) is 2.23. The summed E-state index contributed by atoms with van der Waals surface area (Å²) in [6.45, 7) is 8.91. The molecule has 2 atom stereocenters. The van der Waals surface area contributed by atoms with Gasteiger partial charge >= 0.3 is 0 Å². The van der Waals surface area contributed by atoms with Gasteiger partial charge in [0.1, 0.15) is 0 Å². The van der Waals surface area contributed by atoms with E-state index in [4.69, 9.17) is 9.05 Å². The molecular formula is C16H34NiO4P-. The minimum atomic E-state index is -4.14. The van der Waals surface area contributed by atoms with Crippen molar-refractivity contribution in [3.05, 3.63) is 0 Å². The normalized spacial score (nSPS) is 16.6. The smallest absolute Gasteiger partial charge is 0.267 e. The quantitative estimate of drug-likeness (QED) is 0.317. The van der Waals surface area contributed by atoms with Crippen molar-refractivity contribution in [1.82, 2.24) is 0 Å². The number of hydrogen-bond donors (Lipinski definition) is 0. The predicted molar refractivity (Wildman–Crippen MR) is 86.1 cm³/mol. The number of rotatable bonds is 14. The Kier molecular flexibility index (Phi) is 17.1. The van der Waals surface area contributed by atoms with E-state index < -0.39 is 7.82 Å². The molecule has 0 aromatic carbocycles. The summed E-state index contributed by atoms with van der Waals surface area (Å²) in [6, 6.07) is 0. The predicted octanol–water partition coefficient (Wildman–Crippen LogP) is 4.92. The number of phosphoric ester groups is 1. The molecule has 2 unspecified atom stereocenters. The summed E-state index contributed by atoms with van der Waals surface area (Å²) >= 11 is 0. The van der Waals surface area contributed by atoms with Crippen molar-refractivity contribution in [1.29, 1.82) is 0 Å². The Morgan fingerprint density at radius 2 is 1.23 bits per heavy atom. The maximum Gasteiger partial charge on any atom is 0.267 e. The van der Waals surface area contributed by atoms with Crippen LogP contribution in [-0.2, 0) is 30.1 Å². The van der Waals surface area contributed by atoms with Crippen LogP contribution in [0, 0.1) is 11.8 Å². The van der Waals surface area contributed by atoms with Crippen molar-refractivity contribution >= 4 is 7.82 Å². The molecule has 0 aromatic heterocycles. The van der Waals surface area contributed by atoms with Gasteiger partial charge in [0.05, 0.1) is 13.2 Å². The third kappa shape index (κ3) is 13.1. The molecule has 0 aliphatic carbocycles. The number of phosphoric acid groups is 1. The van der Waals surface area contributed by atoms with Gasteiger partial charge in [0, 0.05) is 16.5 Å². The largest absolute Gasteiger partial charge is 0.756 e. The van der Waals surface area contributed by atoms with E-state index in [9.17, 15) is 9.46 Å². The summed E-state index contributed by atoms with van der Waals surface area (Å²) in [5.41, 5.74) is 0. The van der Waals surface area contributed by atoms with Crippen molar-refractivity contribution in [3.63, 3.8) is 0 Å². The first kappa shape index (κ1) is 24.9. The zero-order chi connectivity index (χ0) is 16.1. The Hall–Kier alpha value is 0.604. The van der Waals surface area contributed by atoms with Crippen LogP contribution in [-0.4, -0.2) is 13.2 Å². The van der Waals surface area contributed by atoms with E-state index in [0.717, 1.165) is 51.4 Å². The molecule has 0 saturated heterocycles. The topological polar surface area (TPSA) is 58.6 Å². The van der Waals surface area contributed by atoms with E-state index in [-0.39, 0.29) is 29.7 Å². The summed E-state index contributed by atoms with van der Waals surface area (Å²) in [6.07, 6.45) is 8.38. The third-order valence-electron chi connectivity index (χ3n) is 4.02. The minimum Gasteiger partial charge on any atom is -0.756 e. The molecule has 0 fully saturated rings. The molecule has 0 N–H and O–H groups in total. The first-order chi connectivity index (χ1) is 9.99. The fraction of sp³-hybridized carbons (Fsp3) is 1.00. The van der Waals surface area contributed by atoms with Crippen molar-refractivity contribution in [2.45, 2.75) is 79.1 Å². The van der Waals surface area contributed by atoms with E-state index in [0.29, 0.717) is 11.8 Å². The monoisotopic (exact) mass is 379 g/mol. The standard InChI is InChI=1S/C16H35O4P.Ni/c1-5-9-11-15(7-3)13-19-21(17,18)20-14-16(8-4)12-10-6-2;/h15-16H,5-14H2,1-4H3,(H,17,18);/p-1. The Morgan fingerprint density at radius 3 is 1.50 bits per heavy atom. The third-order valence-corrected chi connectivity index (χ3v) is 4.95. The van der Waals surface area contributed by atoms with Gasteiger partial charge in [0.15, 0.2) is 0 Å². The zero-order valence-electron chi connectivity index (χ0n) is 14.6. The van der Waals surface area contributed by atoms with E-state index in [1.807, 2.05) is 0 Å². The number of hydrogen-bond acceptors (Lipinski definition) is 4. The molecule has 0 aliphatic rings. The van der Waals surface area contributed by atoms with Crippen molar-refractivity contribution in [3.8, 4) is 0 Å². The van der Waals surface area contributed by atoms with Gasteiger partial charge in [-0.25, -0.2) is 0 Å². The summed E-state index contributed by atoms with van der Waals surface area (Å²) in [4.78, 5) is 11.8. The Morgan fingerprint density at radius 1 is 0.864 bits per heavy atom. The molecule has 138 valence electrons. The van der Waals surface area contributed by atoms with E-state index in [2.05, 4.69) is 27.7 Å². The van der Waals surface area contributed by atoms with E-state index in [1.54, 1.807) is 0 Å². The van der Waals surface area contributed by atoms with Gasteiger partial charge in [-0.1, -0.05) is 66.2 Å². The van der Waals surface area contributed by atoms with Gasteiger partial charge in [0.2, 0.25) is 0 Å². The molecule has 4 nitrogen and oxygen atoms in total. The van der Waals surface area contributed by atoms with Crippen LogP contribution in [0.5, 0.6) is 0 Å². The van der Waals surface area contributed by atoms with Crippen LogP contribution in [0.2, 0.25) is 0 Å². The zero-order valence-corrected chi connectivity index (χ0v) is 16.5. The van der Waals surface area contributed by atoms with Crippen LogP contribution in [0.3, 0.4) is 0 Å². The van der Waals surface area contributed by atoms with Crippen LogP contribution in [0.25, 0.3) is 0 Å². The molecule has 0 bridgehead atoms. The molecule has 0 aromatic rings.